The summed E-state index contributed by atoms with van der Waals surface area (Å²) in [7, 11) is 0. The minimum absolute atomic E-state index is 0.387. The molecule has 0 aliphatic carbocycles. The second kappa shape index (κ2) is 6.20. The van der Waals surface area contributed by atoms with Crippen LogP contribution in [-0.4, -0.2) is 17.6 Å². The summed E-state index contributed by atoms with van der Waals surface area (Å²) >= 11 is 0. The van der Waals surface area contributed by atoms with Crippen LogP contribution < -0.4 is 5.06 Å². The fourth-order valence-corrected chi connectivity index (χ4v) is 2.66. The van der Waals surface area contributed by atoms with E-state index in [0.717, 1.165) is 23.2 Å². The SMILES string of the molecule is CCc1ccc2c(c1)C(O)CCN2OC(=O)c1ccccc1. The summed E-state index contributed by atoms with van der Waals surface area (Å²) in [5, 5.41) is 11.8. The van der Waals surface area contributed by atoms with Gasteiger partial charge < -0.3 is 9.94 Å². The van der Waals surface area contributed by atoms with Gasteiger partial charge in [-0.05, 0) is 36.6 Å². The lowest BCUT2D eigenvalue weighted by atomic mass is 9.97. The molecule has 2 aromatic rings. The molecule has 0 bridgehead atoms. The number of aryl methyl sites for hydroxylation is 1. The van der Waals surface area contributed by atoms with Crippen LogP contribution in [0.4, 0.5) is 5.69 Å². The Kier molecular flexibility index (Phi) is 4.11. The Hall–Kier alpha value is -2.33. The highest BCUT2D eigenvalue weighted by Gasteiger charge is 2.26. The highest BCUT2D eigenvalue weighted by atomic mass is 16.7. The molecule has 1 heterocycles. The molecule has 1 aliphatic heterocycles. The van der Waals surface area contributed by atoms with Crippen molar-refractivity contribution >= 4 is 11.7 Å². The average molecular weight is 297 g/mol. The molecule has 1 unspecified atom stereocenters. The number of rotatable bonds is 3. The number of hydrogen-bond acceptors (Lipinski definition) is 4. The molecule has 4 heteroatoms. The summed E-state index contributed by atoms with van der Waals surface area (Å²) in [6.07, 6.45) is 0.944. The van der Waals surface area contributed by atoms with Crippen LogP contribution in [0.25, 0.3) is 0 Å². The van der Waals surface area contributed by atoms with E-state index < -0.39 is 6.10 Å². The Bertz CT molecular complexity index is 669. The van der Waals surface area contributed by atoms with E-state index in [4.69, 9.17) is 4.84 Å². The number of hydroxylamine groups is 1. The van der Waals surface area contributed by atoms with E-state index in [-0.39, 0.29) is 5.97 Å². The molecular formula is C18H19NO3. The fourth-order valence-electron chi connectivity index (χ4n) is 2.66. The van der Waals surface area contributed by atoms with Crippen molar-refractivity contribution in [2.45, 2.75) is 25.9 Å². The Morgan fingerprint density at radius 3 is 2.77 bits per heavy atom. The summed E-state index contributed by atoms with van der Waals surface area (Å²) in [5.74, 6) is -0.387. The van der Waals surface area contributed by atoms with Crippen molar-refractivity contribution in [3.05, 3.63) is 65.2 Å². The fraction of sp³-hybridized carbons (Fsp3) is 0.278. The van der Waals surface area contributed by atoms with Crippen LogP contribution in [0.3, 0.4) is 0 Å². The van der Waals surface area contributed by atoms with Crippen LogP contribution in [-0.2, 0) is 11.3 Å². The van der Waals surface area contributed by atoms with Gasteiger partial charge in [0.05, 0.1) is 23.9 Å². The van der Waals surface area contributed by atoms with Gasteiger partial charge in [-0.15, -0.1) is 0 Å². The maximum Gasteiger partial charge on any atom is 0.363 e. The molecule has 1 atom stereocenters. The third-order valence-corrected chi connectivity index (χ3v) is 3.94. The van der Waals surface area contributed by atoms with Crippen molar-refractivity contribution in [2.75, 3.05) is 11.6 Å². The van der Waals surface area contributed by atoms with E-state index in [1.807, 2.05) is 24.3 Å². The minimum Gasteiger partial charge on any atom is -0.388 e. The van der Waals surface area contributed by atoms with Crippen LogP contribution in [0.15, 0.2) is 48.5 Å². The first-order valence-corrected chi connectivity index (χ1v) is 7.55. The molecule has 1 N–H and O–H groups in total. The standard InChI is InChI=1S/C18H19NO3/c1-2-13-8-9-16-15(12-13)17(20)10-11-19(16)22-18(21)14-6-4-3-5-7-14/h3-9,12,17,20H,2,10-11H2,1H3. The van der Waals surface area contributed by atoms with Gasteiger partial charge in [-0.25, -0.2) is 9.86 Å². The smallest absolute Gasteiger partial charge is 0.363 e. The monoisotopic (exact) mass is 297 g/mol. The number of aliphatic hydroxyl groups is 1. The molecule has 2 aromatic carbocycles. The Labute approximate surface area is 129 Å². The maximum atomic E-state index is 12.2. The second-order valence-electron chi connectivity index (χ2n) is 5.40. The van der Waals surface area contributed by atoms with Crippen LogP contribution in [0.1, 0.15) is 40.9 Å². The molecule has 0 aromatic heterocycles. The molecule has 1 aliphatic rings. The molecule has 0 amide bonds. The summed E-state index contributed by atoms with van der Waals surface area (Å²) < 4.78 is 0. The van der Waals surface area contributed by atoms with Gasteiger partial charge >= 0.3 is 5.97 Å². The van der Waals surface area contributed by atoms with Crippen molar-refractivity contribution in [2.24, 2.45) is 0 Å². The van der Waals surface area contributed by atoms with Gasteiger partial charge in [0.1, 0.15) is 0 Å². The third-order valence-electron chi connectivity index (χ3n) is 3.94. The number of fused-ring (bicyclic) bond motifs is 1. The maximum absolute atomic E-state index is 12.2. The Morgan fingerprint density at radius 1 is 1.27 bits per heavy atom. The zero-order chi connectivity index (χ0) is 15.5. The van der Waals surface area contributed by atoms with E-state index in [0.29, 0.717) is 18.5 Å². The van der Waals surface area contributed by atoms with Gasteiger partial charge in [-0.3, -0.25) is 0 Å². The van der Waals surface area contributed by atoms with Crippen molar-refractivity contribution < 1.29 is 14.7 Å². The lowest BCUT2D eigenvalue weighted by molar-refractivity contribution is 0.0403. The largest absolute Gasteiger partial charge is 0.388 e. The van der Waals surface area contributed by atoms with E-state index in [1.54, 1.807) is 29.3 Å². The molecular weight excluding hydrogens is 278 g/mol. The summed E-state index contributed by atoms with van der Waals surface area (Å²) in [5.41, 5.74) is 3.26. The second-order valence-corrected chi connectivity index (χ2v) is 5.40. The van der Waals surface area contributed by atoms with Gasteiger partial charge in [0.2, 0.25) is 0 Å². The minimum atomic E-state index is -0.506. The molecule has 0 spiro atoms. The van der Waals surface area contributed by atoms with Crippen LogP contribution in [0, 0.1) is 0 Å². The zero-order valence-corrected chi connectivity index (χ0v) is 12.5. The zero-order valence-electron chi connectivity index (χ0n) is 12.5. The quantitative estimate of drug-likeness (QED) is 0.944. The van der Waals surface area contributed by atoms with E-state index >= 15 is 0 Å². The van der Waals surface area contributed by atoms with Gasteiger partial charge in [-0.2, -0.15) is 0 Å². The third kappa shape index (κ3) is 2.83. The lowest BCUT2D eigenvalue weighted by Gasteiger charge is -2.32. The molecule has 3 rings (SSSR count). The van der Waals surface area contributed by atoms with E-state index in [2.05, 4.69) is 6.92 Å². The molecule has 114 valence electrons. The predicted molar refractivity (Wildman–Crippen MR) is 84.6 cm³/mol. The summed E-state index contributed by atoms with van der Waals surface area (Å²) in [4.78, 5) is 17.7. The van der Waals surface area contributed by atoms with E-state index in [9.17, 15) is 9.90 Å². The number of carbonyl (C=O) groups excluding carboxylic acids is 1. The number of aliphatic hydroxyl groups excluding tert-OH is 1. The number of benzene rings is 2. The van der Waals surface area contributed by atoms with Crippen molar-refractivity contribution in [1.29, 1.82) is 0 Å². The Morgan fingerprint density at radius 2 is 2.05 bits per heavy atom. The van der Waals surface area contributed by atoms with Gasteiger partial charge in [0.25, 0.3) is 0 Å². The van der Waals surface area contributed by atoms with Crippen LogP contribution in [0.5, 0.6) is 0 Å². The average Bonchev–Trinajstić information content (AvgIpc) is 2.58. The van der Waals surface area contributed by atoms with Gasteiger partial charge in [0, 0.05) is 5.56 Å². The highest BCUT2D eigenvalue weighted by Crippen LogP contribution is 2.35. The van der Waals surface area contributed by atoms with Crippen molar-refractivity contribution in [3.8, 4) is 0 Å². The first-order chi connectivity index (χ1) is 10.7. The number of carbonyl (C=O) groups is 1. The molecule has 0 saturated heterocycles. The van der Waals surface area contributed by atoms with Crippen LogP contribution in [0.2, 0.25) is 0 Å². The lowest BCUT2D eigenvalue weighted by Crippen LogP contribution is -2.33. The topological polar surface area (TPSA) is 49.8 Å². The Balaban J connectivity index is 1.85. The summed E-state index contributed by atoms with van der Waals surface area (Å²) in [6.45, 7) is 2.56. The molecule has 4 nitrogen and oxygen atoms in total. The van der Waals surface area contributed by atoms with Crippen LogP contribution >= 0.6 is 0 Å². The number of hydrogen-bond donors (Lipinski definition) is 1. The predicted octanol–water partition coefficient (Wildman–Crippen LogP) is 3.26. The van der Waals surface area contributed by atoms with Crippen molar-refractivity contribution in [3.63, 3.8) is 0 Å². The number of anilines is 1. The first kappa shape index (κ1) is 14.6. The number of nitrogens with zero attached hydrogens (tertiary/aromatic N) is 1. The molecule has 0 saturated carbocycles. The highest BCUT2D eigenvalue weighted by molar-refractivity contribution is 5.90. The van der Waals surface area contributed by atoms with Gasteiger partial charge in [0.15, 0.2) is 0 Å². The van der Waals surface area contributed by atoms with Gasteiger partial charge in [-0.1, -0.05) is 37.3 Å². The molecule has 0 radical (unpaired) electrons. The normalized spacial score (nSPS) is 17.0. The molecule has 0 fully saturated rings. The van der Waals surface area contributed by atoms with Crippen molar-refractivity contribution in [1.82, 2.24) is 0 Å². The summed E-state index contributed by atoms with van der Waals surface area (Å²) in [6, 6.07) is 14.8. The first-order valence-electron chi connectivity index (χ1n) is 7.55. The van der Waals surface area contributed by atoms with E-state index in [1.165, 1.54) is 0 Å². The molecule has 22 heavy (non-hydrogen) atoms.